The number of nitrogens with one attached hydrogen (secondary N) is 2. The predicted octanol–water partition coefficient (Wildman–Crippen LogP) is 6.39. The molecule has 1 fully saturated rings. The van der Waals surface area contributed by atoms with Crippen LogP contribution in [0.2, 0.25) is 0 Å². The minimum Gasteiger partial charge on any atom is -0.352 e. The third kappa shape index (κ3) is 5.21. The second-order valence-electron chi connectivity index (χ2n) is 9.24. The Bertz CT molecular complexity index is 1470. The maximum atomic E-state index is 13.2. The van der Waals surface area contributed by atoms with Crippen LogP contribution in [0.25, 0.3) is 5.69 Å². The molecule has 4 aromatic rings. The molecule has 2 N–H and O–H groups in total. The Morgan fingerprint density at radius 2 is 1.84 bits per heavy atom. The number of anilines is 1. The lowest BCUT2D eigenvalue weighted by Gasteiger charge is -2.28. The van der Waals surface area contributed by atoms with Crippen molar-refractivity contribution in [1.29, 1.82) is 0 Å². The molecule has 194 valence electrons. The molecule has 3 heterocycles. The molecule has 2 atom stereocenters. The number of amides is 1. The van der Waals surface area contributed by atoms with Crippen LogP contribution < -0.4 is 10.6 Å². The number of hydrogen-bond donors (Lipinski definition) is 2. The Morgan fingerprint density at radius 3 is 2.55 bits per heavy atom. The molecular weight excluding hydrogens is 565 g/mol. The van der Waals surface area contributed by atoms with Crippen LogP contribution in [0, 0.1) is 19.7 Å². The second kappa shape index (κ2) is 11.0. The third-order valence-corrected chi connectivity index (χ3v) is 7.81. The van der Waals surface area contributed by atoms with Gasteiger partial charge in [0.05, 0.1) is 23.5 Å². The topological polar surface area (TPSA) is 62.2 Å². The van der Waals surface area contributed by atoms with Crippen molar-refractivity contribution in [2.75, 3.05) is 11.9 Å². The summed E-state index contributed by atoms with van der Waals surface area (Å²) in [5, 5.41) is 6.87. The van der Waals surface area contributed by atoms with Crippen LogP contribution in [0.1, 0.15) is 41.1 Å². The quantitative estimate of drug-likeness (QED) is 0.244. The van der Waals surface area contributed by atoms with Crippen LogP contribution in [0.15, 0.2) is 83.5 Å². The average Bonchev–Trinajstić information content (AvgIpc) is 3.39. The largest absolute Gasteiger partial charge is 0.352 e. The Morgan fingerprint density at radius 1 is 1.11 bits per heavy atom. The minimum atomic E-state index is -0.347. The fourth-order valence-electron chi connectivity index (χ4n) is 5.05. The predicted molar refractivity (Wildman–Crippen MR) is 155 cm³/mol. The third-order valence-electron chi connectivity index (χ3n) is 6.79. The summed E-state index contributed by atoms with van der Waals surface area (Å²) >= 11 is 9.48. The summed E-state index contributed by atoms with van der Waals surface area (Å²) < 4.78 is 16.5. The zero-order valence-electron chi connectivity index (χ0n) is 21.0. The number of nitrogens with zero attached hydrogens (tertiary/aromatic N) is 3. The van der Waals surface area contributed by atoms with Gasteiger partial charge < -0.3 is 20.1 Å². The summed E-state index contributed by atoms with van der Waals surface area (Å²) in [6, 6.07) is 21.6. The SMILES string of the molecule is Cc1cc([C@@H]2[C@@H](c3ccccn3)NC(=S)N2CCC(=O)Nc2ccc(F)cc2)c(C)n1-c1ccccc1Br. The van der Waals surface area contributed by atoms with Gasteiger partial charge in [0.2, 0.25) is 5.91 Å². The first-order valence-electron chi connectivity index (χ1n) is 12.3. The highest BCUT2D eigenvalue weighted by Crippen LogP contribution is 2.42. The molecule has 0 radical (unpaired) electrons. The molecule has 1 aliphatic heterocycles. The number of thiocarbonyl (C=S) groups is 1. The van der Waals surface area contributed by atoms with Crippen LogP contribution in [0.5, 0.6) is 0 Å². The van der Waals surface area contributed by atoms with Gasteiger partial charge >= 0.3 is 0 Å². The molecule has 38 heavy (non-hydrogen) atoms. The molecule has 1 amide bonds. The number of aryl methyl sites for hydroxylation is 1. The van der Waals surface area contributed by atoms with Gasteiger partial charge in [-0.3, -0.25) is 9.78 Å². The van der Waals surface area contributed by atoms with Crippen molar-refractivity contribution in [3.05, 3.63) is 112 Å². The first-order valence-corrected chi connectivity index (χ1v) is 13.5. The Balaban J connectivity index is 1.47. The van der Waals surface area contributed by atoms with Gasteiger partial charge in [0.25, 0.3) is 0 Å². The molecule has 0 unspecified atom stereocenters. The molecule has 2 aromatic carbocycles. The van der Waals surface area contributed by atoms with Gasteiger partial charge in [-0.15, -0.1) is 0 Å². The average molecular weight is 593 g/mol. The normalized spacial score (nSPS) is 16.9. The van der Waals surface area contributed by atoms with Crippen LogP contribution >= 0.6 is 28.1 Å². The lowest BCUT2D eigenvalue weighted by Crippen LogP contribution is -2.32. The molecular formula is C29H27BrFN5OS. The number of halogens is 2. The van der Waals surface area contributed by atoms with Gasteiger partial charge in [0, 0.05) is 40.7 Å². The molecule has 5 rings (SSSR count). The molecule has 6 nitrogen and oxygen atoms in total. The van der Waals surface area contributed by atoms with Gasteiger partial charge in [-0.1, -0.05) is 18.2 Å². The van der Waals surface area contributed by atoms with Gasteiger partial charge in [0.15, 0.2) is 5.11 Å². The summed E-state index contributed by atoms with van der Waals surface area (Å²) in [7, 11) is 0. The summed E-state index contributed by atoms with van der Waals surface area (Å²) in [6.45, 7) is 4.61. The molecule has 0 bridgehead atoms. The number of aromatic nitrogens is 2. The van der Waals surface area contributed by atoms with Crippen molar-refractivity contribution in [3.8, 4) is 5.69 Å². The van der Waals surface area contributed by atoms with E-state index in [4.69, 9.17) is 12.2 Å². The van der Waals surface area contributed by atoms with Gasteiger partial charge in [-0.05, 0) is 102 Å². The van der Waals surface area contributed by atoms with E-state index in [2.05, 4.69) is 67.0 Å². The van der Waals surface area contributed by atoms with E-state index in [1.54, 1.807) is 18.3 Å². The van der Waals surface area contributed by atoms with E-state index in [9.17, 15) is 9.18 Å². The molecule has 2 aromatic heterocycles. The zero-order chi connectivity index (χ0) is 26.8. The van der Waals surface area contributed by atoms with Crippen LogP contribution in [0.3, 0.4) is 0 Å². The Hall–Kier alpha value is -3.56. The number of benzene rings is 2. The highest BCUT2D eigenvalue weighted by Gasteiger charge is 2.41. The number of pyridine rings is 1. The minimum absolute atomic E-state index is 0.168. The number of hydrogen-bond acceptors (Lipinski definition) is 3. The molecule has 1 saturated heterocycles. The molecule has 9 heteroatoms. The highest BCUT2D eigenvalue weighted by atomic mass is 79.9. The van der Waals surface area contributed by atoms with E-state index in [0.717, 1.165) is 32.8 Å². The van der Waals surface area contributed by atoms with Gasteiger partial charge in [-0.2, -0.15) is 0 Å². The summed E-state index contributed by atoms with van der Waals surface area (Å²) in [5.74, 6) is -0.516. The Labute approximate surface area is 235 Å². The standard InChI is InChI=1S/C29H27BrFN5OS/c1-18-17-22(19(2)36(18)25-9-4-3-7-23(25)30)28-27(24-8-5-6-15-32-24)34-29(38)35(28)16-14-26(37)33-21-12-10-20(31)11-13-21/h3-13,15,17,27-28H,14,16H2,1-2H3,(H,33,37)(H,34,38)/t27-,28-/m1/s1. The maximum absolute atomic E-state index is 13.2. The number of rotatable bonds is 7. The Kier molecular flexibility index (Phi) is 7.58. The monoisotopic (exact) mass is 591 g/mol. The van der Waals surface area contributed by atoms with Crippen molar-refractivity contribution < 1.29 is 9.18 Å². The van der Waals surface area contributed by atoms with E-state index in [1.165, 1.54) is 12.1 Å². The fourth-order valence-corrected chi connectivity index (χ4v) is 5.85. The maximum Gasteiger partial charge on any atom is 0.226 e. The summed E-state index contributed by atoms with van der Waals surface area (Å²) in [5.41, 5.74) is 5.79. The molecule has 0 aliphatic carbocycles. The zero-order valence-corrected chi connectivity index (χ0v) is 23.4. The smallest absolute Gasteiger partial charge is 0.226 e. The highest BCUT2D eigenvalue weighted by molar-refractivity contribution is 9.10. The second-order valence-corrected chi connectivity index (χ2v) is 10.5. The van der Waals surface area contributed by atoms with Crippen LogP contribution in [-0.2, 0) is 4.79 Å². The van der Waals surface area contributed by atoms with Crippen molar-refractivity contribution in [2.24, 2.45) is 0 Å². The van der Waals surface area contributed by atoms with Crippen molar-refractivity contribution >= 4 is 44.9 Å². The van der Waals surface area contributed by atoms with Crippen LogP contribution in [-0.4, -0.2) is 32.0 Å². The first-order chi connectivity index (χ1) is 18.3. The van der Waals surface area contributed by atoms with E-state index in [1.807, 2.05) is 36.4 Å². The van der Waals surface area contributed by atoms with Crippen molar-refractivity contribution in [3.63, 3.8) is 0 Å². The lowest BCUT2D eigenvalue weighted by molar-refractivity contribution is -0.116. The summed E-state index contributed by atoms with van der Waals surface area (Å²) in [6.07, 6.45) is 1.99. The molecule has 0 saturated carbocycles. The van der Waals surface area contributed by atoms with E-state index < -0.39 is 0 Å². The first kappa shape index (κ1) is 26.1. The van der Waals surface area contributed by atoms with Crippen molar-refractivity contribution in [1.82, 2.24) is 19.8 Å². The van der Waals surface area contributed by atoms with Crippen LogP contribution in [0.4, 0.5) is 10.1 Å². The van der Waals surface area contributed by atoms with Gasteiger partial charge in [-0.25, -0.2) is 4.39 Å². The number of para-hydroxylation sites is 1. The van der Waals surface area contributed by atoms with E-state index in [-0.39, 0.29) is 30.2 Å². The van der Waals surface area contributed by atoms with Gasteiger partial charge in [0.1, 0.15) is 5.82 Å². The fraction of sp³-hybridized carbons (Fsp3) is 0.207. The molecule has 1 aliphatic rings. The lowest BCUT2D eigenvalue weighted by atomic mass is 9.96. The number of carbonyl (C=O) groups excluding carboxylic acids is 1. The van der Waals surface area contributed by atoms with Crippen molar-refractivity contribution in [2.45, 2.75) is 32.4 Å². The summed E-state index contributed by atoms with van der Waals surface area (Å²) in [4.78, 5) is 19.5. The molecule has 0 spiro atoms. The van der Waals surface area contributed by atoms with E-state index >= 15 is 0 Å². The van der Waals surface area contributed by atoms with E-state index in [0.29, 0.717) is 17.3 Å². The number of carbonyl (C=O) groups is 1.